The number of rotatable bonds is 7. The van der Waals surface area contributed by atoms with Crippen LogP contribution in [0.1, 0.15) is 42.7 Å². The van der Waals surface area contributed by atoms with Crippen LogP contribution in [-0.2, 0) is 11.8 Å². The maximum absolute atomic E-state index is 13.2. The number of fused-ring (bicyclic) bond motifs is 1. The summed E-state index contributed by atoms with van der Waals surface area (Å²) in [6, 6.07) is 2.25. The standard InChI is InChI=1S/C27H31N9O2/c1-16-22(7-20(9-28-16)32-25(37)19-13-35(14-19)17(2)27(3)5-6-27)33-26(38)21-10-31-36-15-23(29-11-24(21)36)18-8-30-34(4)12-18/h7-12,15,17,19H,5-6,13-14H2,1-4H3,(H,32,37)(H,33,38). The van der Waals surface area contributed by atoms with Crippen LogP contribution in [-0.4, -0.2) is 65.2 Å². The van der Waals surface area contributed by atoms with E-state index in [1.807, 2.05) is 20.2 Å². The van der Waals surface area contributed by atoms with E-state index >= 15 is 0 Å². The number of nitrogens with zero attached hydrogens (tertiary/aromatic N) is 7. The fourth-order valence-corrected chi connectivity index (χ4v) is 4.97. The monoisotopic (exact) mass is 513 g/mol. The highest BCUT2D eigenvalue weighted by atomic mass is 16.2. The van der Waals surface area contributed by atoms with Gasteiger partial charge in [-0.15, -0.1) is 0 Å². The van der Waals surface area contributed by atoms with Gasteiger partial charge in [-0.2, -0.15) is 10.2 Å². The summed E-state index contributed by atoms with van der Waals surface area (Å²) in [6.45, 7) is 7.94. The average Bonchev–Trinajstić information content (AvgIpc) is 3.26. The molecule has 1 saturated heterocycles. The summed E-state index contributed by atoms with van der Waals surface area (Å²) in [5.41, 5.74) is 4.66. The molecule has 2 aliphatic rings. The van der Waals surface area contributed by atoms with Gasteiger partial charge in [-0.05, 0) is 38.2 Å². The number of likely N-dealkylation sites (tertiary alicyclic amines) is 1. The van der Waals surface area contributed by atoms with E-state index in [2.05, 4.69) is 49.5 Å². The van der Waals surface area contributed by atoms with Crippen molar-refractivity contribution in [3.63, 3.8) is 0 Å². The molecule has 2 N–H and O–H groups in total. The van der Waals surface area contributed by atoms with E-state index < -0.39 is 0 Å². The minimum absolute atomic E-state index is 0.0181. The first-order valence-electron chi connectivity index (χ1n) is 12.9. The van der Waals surface area contributed by atoms with Gasteiger partial charge in [-0.1, -0.05) is 6.92 Å². The predicted molar refractivity (Wildman–Crippen MR) is 143 cm³/mol. The number of aromatic nitrogens is 6. The fourth-order valence-electron chi connectivity index (χ4n) is 4.97. The zero-order valence-corrected chi connectivity index (χ0v) is 22.0. The molecule has 11 nitrogen and oxygen atoms in total. The van der Waals surface area contributed by atoms with Crippen molar-refractivity contribution in [1.29, 1.82) is 0 Å². The van der Waals surface area contributed by atoms with Crippen molar-refractivity contribution in [2.24, 2.45) is 18.4 Å². The van der Waals surface area contributed by atoms with Crippen LogP contribution < -0.4 is 10.6 Å². The molecule has 38 heavy (non-hydrogen) atoms. The normalized spacial score (nSPS) is 17.7. The molecule has 1 unspecified atom stereocenters. The van der Waals surface area contributed by atoms with E-state index in [1.165, 1.54) is 19.0 Å². The fraction of sp³-hybridized carbons (Fsp3) is 0.407. The van der Waals surface area contributed by atoms with Gasteiger partial charge in [0.15, 0.2) is 0 Å². The topological polar surface area (TPSA) is 122 Å². The van der Waals surface area contributed by atoms with Crippen LogP contribution in [0, 0.1) is 18.3 Å². The second kappa shape index (κ2) is 9.02. The highest BCUT2D eigenvalue weighted by Gasteiger charge is 2.48. The Morgan fingerprint density at radius 1 is 1.05 bits per heavy atom. The third kappa shape index (κ3) is 4.43. The molecule has 1 saturated carbocycles. The van der Waals surface area contributed by atoms with Crippen LogP contribution >= 0.6 is 0 Å². The maximum atomic E-state index is 13.2. The molecular weight excluding hydrogens is 482 g/mol. The first-order valence-corrected chi connectivity index (χ1v) is 12.9. The Morgan fingerprint density at radius 2 is 1.84 bits per heavy atom. The van der Waals surface area contributed by atoms with Gasteiger partial charge in [0.1, 0.15) is 0 Å². The largest absolute Gasteiger partial charge is 0.324 e. The van der Waals surface area contributed by atoms with E-state index in [-0.39, 0.29) is 17.7 Å². The molecule has 1 atom stereocenters. The van der Waals surface area contributed by atoms with Crippen LogP contribution in [0.2, 0.25) is 0 Å². The van der Waals surface area contributed by atoms with Gasteiger partial charge in [-0.25, -0.2) is 4.52 Å². The second-order valence-electron chi connectivity index (χ2n) is 10.8. The first kappa shape index (κ1) is 24.2. The van der Waals surface area contributed by atoms with Crippen LogP contribution in [0.4, 0.5) is 11.4 Å². The van der Waals surface area contributed by atoms with Gasteiger partial charge in [-0.3, -0.25) is 29.1 Å². The van der Waals surface area contributed by atoms with Crippen molar-refractivity contribution in [3.05, 3.63) is 54.5 Å². The summed E-state index contributed by atoms with van der Waals surface area (Å²) < 4.78 is 3.32. The van der Waals surface area contributed by atoms with Gasteiger partial charge >= 0.3 is 0 Å². The number of hydrogen-bond donors (Lipinski definition) is 2. The van der Waals surface area contributed by atoms with Crippen molar-refractivity contribution in [2.75, 3.05) is 23.7 Å². The summed E-state index contributed by atoms with van der Waals surface area (Å²) in [6.07, 6.45) is 12.6. The smallest absolute Gasteiger partial charge is 0.259 e. The number of hydrogen-bond acceptors (Lipinski definition) is 7. The number of carbonyl (C=O) groups excluding carboxylic acids is 2. The third-order valence-corrected chi connectivity index (χ3v) is 8.13. The molecule has 0 spiro atoms. The lowest BCUT2D eigenvalue weighted by molar-refractivity contribution is -0.126. The van der Waals surface area contributed by atoms with E-state index in [0.717, 1.165) is 18.7 Å². The zero-order chi connectivity index (χ0) is 26.6. The Morgan fingerprint density at radius 3 is 2.55 bits per heavy atom. The Hall–Kier alpha value is -4.12. The highest BCUT2D eigenvalue weighted by Crippen LogP contribution is 2.50. The molecule has 6 rings (SSSR count). The van der Waals surface area contributed by atoms with Crippen LogP contribution in [0.15, 0.2) is 43.2 Å². The predicted octanol–water partition coefficient (Wildman–Crippen LogP) is 3.14. The SMILES string of the molecule is Cc1ncc(NC(=O)C2CN(C(C)C3(C)CC3)C2)cc1NC(=O)c1cnn2cc(-c3cnn(C)c3)ncc12. The number of carbonyl (C=O) groups is 2. The first-order chi connectivity index (χ1) is 18.2. The molecule has 1 aliphatic carbocycles. The van der Waals surface area contributed by atoms with Crippen LogP contribution in [0.3, 0.4) is 0 Å². The molecule has 0 aromatic carbocycles. The summed E-state index contributed by atoms with van der Waals surface area (Å²) in [5, 5.41) is 14.4. The summed E-state index contributed by atoms with van der Waals surface area (Å²) >= 11 is 0. The molecule has 5 heterocycles. The number of nitrogens with one attached hydrogen (secondary N) is 2. The van der Waals surface area contributed by atoms with Crippen molar-refractivity contribution in [1.82, 2.24) is 34.3 Å². The molecular formula is C27H31N9O2. The van der Waals surface area contributed by atoms with Gasteiger partial charge in [0.05, 0.1) is 70.7 Å². The summed E-state index contributed by atoms with van der Waals surface area (Å²) in [4.78, 5) is 37.2. The lowest BCUT2D eigenvalue weighted by Gasteiger charge is -2.44. The molecule has 196 valence electrons. The van der Waals surface area contributed by atoms with Gasteiger partial charge in [0.25, 0.3) is 5.91 Å². The van der Waals surface area contributed by atoms with E-state index in [4.69, 9.17) is 0 Å². The Kier molecular flexibility index (Phi) is 5.75. The van der Waals surface area contributed by atoms with Gasteiger partial charge < -0.3 is 10.6 Å². The van der Waals surface area contributed by atoms with E-state index in [1.54, 1.807) is 40.1 Å². The number of amides is 2. The van der Waals surface area contributed by atoms with Crippen molar-refractivity contribution in [3.8, 4) is 11.3 Å². The Balaban J connectivity index is 1.12. The second-order valence-corrected chi connectivity index (χ2v) is 10.8. The number of pyridine rings is 1. The third-order valence-electron chi connectivity index (χ3n) is 8.13. The zero-order valence-electron chi connectivity index (χ0n) is 22.0. The van der Waals surface area contributed by atoms with Crippen molar-refractivity contribution >= 4 is 28.7 Å². The van der Waals surface area contributed by atoms with Crippen molar-refractivity contribution < 1.29 is 9.59 Å². The molecule has 0 radical (unpaired) electrons. The highest BCUT2D eigenvalue weighted by molar-refractivity contribution is 6.09. The molecule has 4 aromatic rings. The minimum Gasteiger partial charge on any atom is -0.324 e. The summed E-state index contributed by atoms with van der Waals surface area (Å²) in [7, 11) is 1.84. The molecule has 2 fully saturated rings. The number of aryl methyl sites for hydroxylation is 2. The molecule has 2 amide bonds. The lowest BCUT2D eigenvalue weighted by atomic mass is 9.90. The van der Waals surface area contributed by atoms with Gasteiger partial charge in [0.2, 0.25) is 5.91 Å². The van der Waals surface area contributed by atoms with Crippen molar-refractivity contribution in [2.45, 2.75) is 39.7 Å². The number of anilines is 2. The molecule has 4 aromatic heterocycles. The van der Waals surface area contributed by atoms with Gasteiger partial charge in [0, 0.05) is 37.9 Å². The maximum Gasteiger partial charge on any atom is 0.259 e. The Bertz CT molecular complexity index is 1550. The molecule has 0 bridgehead atoms. The van der Waals surface area contributed by atoms with Crippen LogP contribution in [0.5, 0.6) is 0 Å². The molecule has 1 aliphatic heterocycles. The van der Waals surface area contributed by atoms with Crippen LogP contribution in [0.25, 0.3) is 16.8 Å². The van der Waals surface area contributed by atoms with E-state index in [9.17, 15) is 9.59 Å². The minimum atomic E-state index is -0.332. The summed E-state index contributed by atoms with van der Waals surface area (Å²) in [5.74, 6) is -0.390. The average molecular weight is 514 g/mol. The molecule has 11 heteroatoms. The Labute approximate surface area is 220 Å². The quantitative estimate of drug-likeness (QED) is 0.389. The van der Waals surface area contributed by atoms with E-state index in [0.29, 0.717) is 45.3 Å². The lowest BCUT2D eigenvalue weighted by Crippen LogP contribution is -2.57.